The highest BCUT2D eigenvalue weighted by atomic mass is 32.1. The molecule has 1 aromatic heterocycles. The van der Waals surface area contributed by atoms with Gasteiger partial charge in [0, 0.05) is 17.5 Å². The van der Waals surface area contributed by atoms with E-state index in [1.165, 1.54) is 29.7 Å². The molecule has 0 aliphatic heterocycles. The van der Waals surface area contributed by atoms with Crippen molar-refractivity contribution in [2.24, 2.45) is 11.8 Å². The van der Waals surface area contributed by atoms with Gasteiger partial charge in [0.15, 0.2) is 0 Å². The minimum Gasteiger partial charge on any atom is -0.309 e. The molecule has 1 N–H and O–H groups in total. The SMILES string of the molecule is CCc1ccsc1CNC1CC(C(C)C)C1. The molecule has 0 unspecified atom stereocenters. The van der Waals surface area contributed by atoms with Crippen molar-refractivity contribution in [1.29, 1.82) is 0 Å². The second-order valence-electron chi connectivity index (χ2n) is 5.28. The van der Waals surface area contributed by atoms with Crippen LogP contribution in [0.2, 0.25) is 0 Å². The molecular formula is C14H23NS. The van der Waals surface area contributed by atoms with Crippen LogP contribution in [0.4, 0.5) is 0 Å². The Morgan fingerprint density at radius 1 is 1.44 bits per heavy atom. The van der Waals surface area contributed by atoms with Crippen molar-refractivity contribution in [2.75, 3.05) is 0 Å². The van der Waals surface area contributed by atoms with Gasteiger partial charge in [-0.3, -0.25) is 0 Å². The standard InChI is InChI=1S/C14H23NS/c1-4-11-5-6-16-14(11)9-15-13-7-12(8-13)10(2)3/h5-6,10,12-13,15H,4,7-9H2,1-3H3. The average Bonchev–Trinajstić information content (AvgIpc) is 2.62. The molecule has 1 heterocycles. The quantitative estimate of drug-likeness (QED) is 0.820. The van der Waals surface area contributed by atoms with E-state index < -0.39 is 0 Å². The van der Waals surface area contributed by atoms with Gasteiger partial charge in [-0.15, -0.1) is 11.3 Å². The summed E-state index contributed by atoms with van der Waals surface area (Å²) in [5.41, 5.74) is 1.53. The summed E-state index contributed by atoms with van der Waals surface area (Å²) in [4.78, 5) is 1.54. The van der Waals surface area contributed by atoms with Crippen molar-refractivity contribution in [1.82, 2.24) is 5.32 Å². The van der Waals surface area contributed by atoms with Crippen molar-refractivity contribution >= 4 is 11.3 Å². The molecule has 0 amide bonds. The molecular weight excluding hydrogens is 214 g/mol. The smallest absolute Gasteiger partial charge is 0.0305 e. The van der Waals surface area contributed by atoms with Gasteiger partial charge >= 0.3 is 0 Å². The van der Waals surface area contributed by atoms with E-state index in [1.807, 2.05) is 11.3 Å². The van der Waals surface area contributed by atoms with Gasteiger partial charge in [0.25, 0.3) is 0 Å². The van der Waals surface area contributed by atoms with Crippen LogP contribution in [0.1, 0.15) is 44.1 Å². The van der Waals surface area contributed by atoms with Crippen molar-refractivity contribution < 1.29 is 0 Å². The Morgan fingerprint density at radius 3 is 2.81 bits per heavy atom. The van der Waals surface area contributed by atoms with Gasteiger partial charge in [-0.25, -0.2) is 0 Å². The largest absolute Gasteiger partial charge is 0.309 e. The molecule has 1 nitrogen and oxygen atoms in total. The van der Waals surface area contributed by atoms with E-state index in [-0.39, 0.29) is 0 Å². The fraction of sp³-hybridized carbons (Fsp3) is 0.714. The third-order valence-corrected chi connectivity index (χ3v) is 4.85. The third-order valence-electron chi connectivity index (χ3n) is 3.89. The van der Waals surface area contributed by atoms with Crippen LogP contribution in [0.25, 0.3) is 0 Å². The molecule has 2 heteroatoms. The van der Waals surface area contributed by atoms with Gasteiger partial charge in [0.05, 0.1) is 0 Å². The first kappa shape index (κ1) is 12.1. The van der Waals surface area contributed by atoms with Crippen molar-refractivity contribution in [3.8, 4) is 0 Å². The molecule has 1 aromatic rings. The summed E-state index contributed by atoms with van der Waals surface area (Å²) in [6.45, 7) is 8.00. The van der Waals surface area contributed by atoms with Crippen molar-refractivity contribution in [3.63, 3.8) is 0 Å². The summed E-state index contributed by atoms with van der Waals surface area (Å²) in [6.07, 6.45) is 3.93. The maximum Gasteiger partial charge on any atom is 0.0305 e. The van der Waals surface area contributed by atoms with E-state index in [0.29, 0.717) is 0 Å². The van der Waals surface area contributed by atoms with Gasteiger partial charge in [-0.1, -0.05) is 20.8 Å². The van der Waals surface area contributed by atoms with Crippen LogP contribution in [0.3, 0.4) is 0 Å². The van der Waals surface area contributed by atoms with Crippen LogP contribution in [-0.4, -0.2) is 6.04 Å². The number of hydrogen-bond acceptors (Lipinski definition) is 2. The first-order chi connectivity index (χ1) is 7.70. The highest BCUT2D eigenvalue weighted by Gasteiger charge is 2.30. The molecule has 16 heavy (non-hydrogen) atoms. The van der Waals surface area contributed by atoms with Gasteiger partial charge in [-0.2, -0.15) is 0 Å². The predicted octanol–water partition coefficient (Wildman–Crippen LogP) is 3.83. The van der Waals surface area contributed by atoms with Gasteiger partial charge in [0.2, 0.25) is 0 Å². The summed E-state index contributed by atoms with van der Waals surface area (Å²) >= 11 is 1.90. The molecule has 1 aliphatic carbocycles. The van der Waals surface area contributed by atoms with Crippen molar-refractivity contribution in [2.45, 2.75) is 52.6 Å². The van der Waals surface area contributed by atoms with E-state index in [0.717, 1.165) is 24.4 Å². The lowest BCUT2D eigenvalue weighted by Gasteiger charge is -2.38. The molecule has 0 saturated heterocycles. The van der Waals surface area contributed by atoms with E-state index in [1.54, 1.807) is 0 Å². The number of aryl methyl sites for hydroxylation is 1. The van der Waals surface area contributed by atoms with Crippen LogP contribution in [0.5, 0.6) is 0 Å². The number of nitrogens with one attached hydrogen (secondary N) is 1. The molecule has 0 bridgehead atoms. The zero-order chi connectivity index (χ0) is 11.5. The van der Waals surface area contributed by atoms with Crippen LogP contribution in [0, 0.1) is 11.8 Å². The third kappa shape index (κ3) is 2.67. The monoisotopic (exact) mass is 237 g/mol. The Labute approximate surface area is 103 Å². The molecule has 2 rings (SSSR count). The highest BCUT2D eigenvalue weighted by molar-refractivity contribution is 7.10. The Bertz CT molecular complexity index is 323. The molecule has 1 fully saturated rings. The van der Waals surface area contributed by atoms with E-state index in [2.05, 4.69) is 37.5 Å². The van der Waals surface area contributed by atoms with E-state index >= 15 is 0 Å². The minimum atomic E-state index is 0.777. The second kappa shape index (κ2) is 5.33. The summed E-state index contributed by atoms with van der Waals surface area (Å²) < 4.78 is 0. The highest BCUT2D eigenvalue weighted by Crippen LogP contribution is 2.33. The Kier molecular flexibility index (Phi) is 4.04. The molecule has 1 saturated carbocycles. The summed E-state index contributed by atoms with van der Waals surface area (Å²) in [5.74, 6) is 1.83. The average molecular weight is 237 g/mol. The lowest BCUT2D eigenvalue weighted by atomic mass is 9.74. The van der Waals surface area contributed by atoms with E-state index in [4.69, 9.17) is 0 Å². The van der Waals surface area contributed by atoms with Gasteiger partial charge in [0.1, 0.15) is 0 Å². The van der Waals surface area contributed by atoms with Crippen LogP contribution >= 0.6 is 11.3 Å². The van der Waals surface area contributed by atoms with Crippen LogP contribution in [0.15, 0.2) is 11.4 Å². The Morgan fingerprint density at radius 2 is 2.19 bits per heavy atom. The normalized spacial score (nSPS) is 24.8. The van der Waals surface area contributed by atoms with Gasteiger partial charge < -0.3 is 5.32 Å². The number of hydrogen-bond donors (Lipinski definition) is 1. The van der Waals surface area contributed by atoms with Crippen molar-refractivity contribution in [3.05, 3.63) is 21.9 Å². The lowest BCUT2D eigenvalue weighted by Crippen LogP contribution is -2.42. The summed E-state index contributed by atoms with van der Waals surface area (Å²) in [6, 6.07) is 3.04. The maximum absolute atomic E-state index is 3.69. The fourth-order valence-corrected chi connectivity index (χ4v) is 3.37. The lowest BCUT2D eigenvalue weighted by molar-refractivity contribution is 0.168. The zero-order valence-electron chi connectivity index (χ0n) is 10.6. The zero-order valence-corrected chi connectivity index (χ0v) is 11.4. The van der Waals surface area contributed by atoms with Crippen LogP contribution in [-0.2, 0) is 13.0 Å². The molecule has 0 aromatic carbocycles. The minimum absolute atomic E-state index is 0.777. The van der Waals surface area contributed by atoms with Crippen LogP contribution < -0.4 is 5.32 Å². The maximum atomic E-state index is 3.69. The Balaban J connectivity index is 1.73. The molecule has 0 radical (unpaired) electrons. The molecule has 90 valence electrons. The number of thiophene rings is 1. The topological polar surface area (TPSA) is 12.0 Å². The second-order valence-corrected chi connectivity index (χ2v) is 6.28. The summed E-state index contributed by atoms with van der Waals surface area (Å²) in [5, 5.41) is 5.91. The first-order valence-electron chi connectivity index (χ1n) is 6.49. The molecule has 0 atom stereocenters. The molecule has 1 aliphatic rings. The Hall–Kier alpha value is -0.340. The first-order valence-corrected chi connectivity index (χ1v) is 7.37. The van der Waals surface area contributed by atoms with E-state index in [9.17, 15) is 0 Å². The predicted molar refractivity (Wildman–Crippen MR) is 71.9 cm³/mol. The summed E-state index contributed by atoms with van der Waals surface area (Å²) in [7, 11) is 0. The molecule has 0 spiro atoms. The van der Waals surface area contributed by atoms with Gasteiger partial charge in [-0.05, 0) is 48.1 Å². The fourth-order valence-electron chi connectivity index (χ4n) is 2.45. The number of rotatable bonds is 5.